The Morgan fingerprint density at radius 3 is 2.62 bits per heavy atom. The Hall–Kier alpha value is -2.50. The highest BCUT2D eigenvalue weighted by Gasteiger charge is 2.15. The molecule has 0 radical (unpaired) electrons. The van der Waals surface area contributed by atoms with E-state index in [4.69, 9.17) is 19.9 Å². The van der Waals surface area contributed by atoms with Crippen LogP contribution >= 0.6 is 0 Å². The lowest BCUT2D eigenvalue weighted by Crippen LogP contribution is -2.32. The summed E-state index contributed by atoms with van der Waals surface area (Å²) in [6, 6.07) is 5.31. The van der Waals surface area contributed by atoms with E-state index in [9.17, 15) is 9.59 Å². The van der Waals surface area contributed by atoms with Crippen LogP contribution in [-0.4, -0.2) is 31.7 Å². The van der Waals surface area contributed by atoms with E-state index in [1.807, 2.05) is 25.1 Å². The molecule has 0 fully saturated rings. The molecule has 2 N–H and O–H groups in total. The number of allylic oxidation sites excluding steroid dienone is 1. The molecule has 1 aromatic carbocycles. The average Bonchev–Trinajstić information content (AvgIpc) is 2.45. The summed E-state index contributed by atoms with van der Waals surface area (Å²) in [6.45, 7) is 2.97. The first-order valence-corrected chi connectivity index (χ1v) is 6.40. The number of carbonyl (C=O) groups is 2. The summed E-state index contributed by atoms with van der Waals surface area (Å²) in [6.07, 6.45) is 2.83. The predicted octanol–water partition coefficient (Wildman–Crippen LogP) is 1.52. The van der Waals surface area contributed by atoms with Gasteiger partial charge >= 0.3 is 5.97 Å². The molecule has 0 aliphatic heterocycles. The molecule has 1 aromatic rings. The smallest absolute Gasteiger partial charge is 0.344 e. The molecule has 1 rings (SSSR count). The van der Waals surface area contributed by atoms with Crippen molar-refractivity contribution in [3.05, 3.63) is 29.8 Å². The number of benzene rings is 1. The molecule has 0 bridgehead atoms. The Bertz CT molecular complexity index is 539. The molecule has 0 saturated heterocycles. The molecule has 1 amide bonds. The molecule has 0 heterocycles. The van der Waals surface area contributed by atoms with E-state index >= 15 is 0 Å². The normalized spacial score (nSPS) is 12.0. The van der Waals surface area contributed by atoms with Gasteiger partial charge in [-0.25, -0.2) is 4.79 Å². The number of methoxy groups -OCH3 is 1. The number of hydrogen-bond donors (Lipinski definition) is 1. The van der Waals surface area contributed by atoms with Crippen molar-refractivity contribution in [3.8, 4) is 11.5 Å². The zero-order chi connectivity index (χ0) is 15.8. The van der Waals surface area contributed by atoms with Crippen LogP contribution in [0.3, 0.4) is 0 Å². The van der Waals surface area contributed by atoms with E-state index in [0.29, 0.717) is 11.5 Å². The van der Waals surface area contributed by atoms with Crippen LogP contribution in [0.4, 0.5) is 0 Å². The van der Waals surface area contributed by atoms with E-state index < -0.39 is 18.0 Å². The van der Waals surface area contributed by atoms with Crippen LogP contribution in [0.5, 0.6) is 11.5 Å². The van der Waals surface area contributed by atoms with Crippen molar-refractivity contribution < 1.29 is 23.8 Å². The fraction of sp³-hybridized carbons (Fsp3) is 0.333. The molecule has 21 heavy (non-hydrogen) atoms. The number of carbonyl (C=O) groups excluding carboxylic acids is 2. The molecular weight excluding hydrogens is 274 g/mol. The van der Waals surface area contributed by atoms with Crippen LogP contribution in [0, 0.1) is 0 Å². The van der Waals surface area contributed by atoms with Gasteiger partial charge in [0.05, 0.1) is 7.11 Å². The van der Waals surface area contributed by atoms with Crippen molar-refractivity contribution in [3.63, 3.8) is 0 Å². The Labute approximate surface area is 123 Å². The molecule has 0 saturated carbocycles. The molecule has 0 aliphatic rings. The maximum absolute atomic E-state index is 11.5. The lowest BCUT2D eigenvalue weighted by Gasteiger charge is -2.12. The Balaban J connectivity index is 2.66. The van der Waals surface area contributed by atoms with Crippen LogP contribution < -0.4 is 15.2 Å². The summed E-state index contributed by atoms with van der Waals surface area (Å²) < 4.78 is 15.3. The highest BCUT2D eigenvalue weighted by atomic mass is 16.6. The summed E-state index contributed by atoms with van der Waals surface area (Å²) in [7, 11) is 1.51. The molecule has 0 aromatic heterocycles. The van der Waals surface area contributed by atoms with Gasteiger partial charge in [-0.05, 0) is 31.5 Å². The SMILES string of the molecule is CC=Cc1ccc(OCC(=O)OC(C)C(N)=O)c(OC)c1. The standard InChI is InChI=1S/C15H19NO5/c1-4-5-11-6-7-12(13(8-11)19-3)20-9-14(17)21-10(2)15(16)18/h4-8,10H,9H2,1-3H3,(H2,16,18). The molecule has 6 heteroatoms. The Morgan fingerprint density at radius 2 is 2.05 bits per heavy atom. The maximum atomic E-state index is 11.5. The minimum Gasteiger partial charge on any atom is -0.493 e. The zero-order valence-corrected chi connectivity index (χ0v) is 12.3. The second-order valence-electron chi connectivity index (χ2n) is 4.23. The monoisotopic (exact) mass is 293 g/mol. The van der Waals surface area contributed by atoms with E-state index in [1.54, 1.807) is 12.1 Å². The molecule has 0 aliphatic carbocycles. The largest absolute Gasteiger partial charge is 0.493 e. The molecule has 6 nitrogen and oxygen atoms in total. The van der Waals surface area contributed by atoms with Crippen LogP contribution in [0.1, 0.15) is 19.4 Å². The lowest BCUT2D eigenvalue weighted by atomic mass is 10.2. The number of hydrogen-bond acceptors (Lipinski definition) is 5. The second-order valence-corrected chi connectivity index (χ2v) is 4.23. The number of nitrogens with two attached hydrogens (primary N) is 1. The topological polar surface area (TPSA) is 87.9 Å². The summed E-state index contributed by atoms with van der Waals surface area (Å²) in [5, 5.41) is 0. The van der Waals surface area contributed by atoms with Gasteiger partial charge in [0.25, 0.3) is 5.91 Å². The van der Waals surface area contributed by atoms with E-state index in [-0.39, 0.29) is 6.61 Å². The van der Waals surface area contributed by atoms with Crippen LogP contribution in [0.15, 0.2) is 24.3 Å². The summed E-state index contributed by atoms with van der Waals surface area (Å²) in [4.78, 5) is 22.3. The molecule has 1 unspecified atom stereocenters. The van der Waals surface area contributed by atoms with Crippen molar-refractivity contribution in [1.29, 1.82) is 0 Å². The summed E-state index contributed by atoms with van der Waals surface area (Å²) in [5.41, 5.74) is 5.95. The van der Waals surface area contributed by atoms with Gasteiger partial charge < -0.3 is 19.9 Å². The van der Waals surface area contributed by atoms with Crippen molar-refractivity contribution in [1.82, 2.24) is 0 Å². The van der Waals surface area contributed by atoms with Crippen molar-refractivity contribution in [2.75, 3.05) is 13.7 Å². The third-order valence-corrected chi connectivity index (χ3v) is 2.60. The first kappa shape index (κ1) is 16.6. The third kappa shape index (κ3) is 5.18. The van der Waals surface area contributed by atoms with Crippen LogP contribution in [0.2, 0.25) is 0 Å². The molecule has 0 spiro atoms. The number of rotatable bonds is 7. The van der Waals surface area contributed by atoms with Crippen LogP contribution in [-0.2, 0) is 14.3 Å². The highest BCUT2D eigenvalue weighted by molar-refractivity contribution is 5.82. The van der Waals surface area contributed by atoms with Gasteiger partial charge in [-0.1, -0.05) is 18.2 Å². The minimum absolute atomic E-state index is 0.336. The maximum Gasteiger partial charge on any atom is 0.344 e. The Kier molecular flexibility index (Phi) is 6.26. The number of primary amides is 1. The van der Waals surface area contributed by atoms with Gasteiger partial charge in [0.1, 0.15) is 0 Å². The second kappa shape index (κ2) is 7.94. The van der Waals surface area contributed by atoms with Crippen molar-refractivity contribution in [2.24, 2.45) is 5.73 Å². The van der Waals surface area contributed by atoms with Crippen molar-refractivity contribution >= 4 is 18.0 Å². The van der Waals surface area contributed by atoms with Crippen molar-refractivity contribution in [2.45, 2.75) is 20.0 Å². The average molecular weight is 293 g/mol. The first-order chi connectivity index (χ1) is 9.97. The van der Waals surface area contributed by atoms with Gasteiger partial charge in [0, 0.05) is 0 Å². The summed E-state index contributed by atoms with van der Waals surface area (Å²) >= 11 is 0. The quantitative estimate of drug-likeness (QED) is 0.770. The van der Waals surface area contributed by atoms with Gasteiger partial charge in [-0.3, -0.25) is 4.79 Å². The van der Waals surface area contributed by atoms with Gasteiger partial charge in [0.2, 0.25) is 0 Å². The number of ether oxygens (including phenoxy) is 3. The number of amides is 1. The molecule has 114 valence electrons. The molecule has 1 atom stereocenters. The first-order valence-electron chi connectivity index (χ1n) is 6.40. The molecular formula is C15H19NO5. The van der Waals surface area contributed by atoms with Gasteiger partial charge in [0.15, 0.2) is 24.2 Å². The van der Waals surface area contributed by atoms with E-state index in [0.717, 1.165) is 5.56 Å². The van der Waals surface area contributed by atoms with E-state index in [1.165, 1.54) is 14.0 Å². The minimum atomic E-state index is -0.986. The fourth-order valence-electron chi connectivity index (χ4n) is 1.53. The number of esters is 1. The summed E-state index contributed by atoms with van der Waals surface area (Å²) in [5.74, 6) is -0.478. The third-order valence-electron chi connectivity index (χ3n) is 2.60. The van der Waals surface area contributed by atoms with Gasteiger partial charge in [-0.15, -0.1) is 0 Å². The van der Waals surface area contributed by atoms with Gasteiger partial charge in [-0.2, -0.15) is 0 Å². The zero-order valence-electron chi connectivity index (χ0n) is 12.3. The lowest BCUT2D eigenvalue weighted by molar-refractivity contribution is -0.155. The van der Waals surface area contributed by atoms with Crippen LogP contribution in [0.25, 0.3) is 6.08 Å². The predicted molar refractivity (Wildman–Crippen MR) is 77.9 cm³/mol. The fourth-order valence-corrected chi connectivity index (χ4v) is 1.53. The highest BCUT2D eigenvalue weighted by Crippen LogP contribution is 2.28. The Morgan fingerprint density at radius 1 is 1.33 bits per heavy atom. The van der Waals surface area contributed by atoms with E-state index in [2.05, 4.69) is 0 Å².